The molecule has 0 aliphatic rings. The van der Waals surface area contributed by atoms with Crippen LogP contribution in [0.25, 0.3) is 10.8 Å². The van der Waals surface area contributed by atoms with Gasteiger partial charge in [-0.3, -0.25) is 9.59 Å². The minimum atomic E-state index is -0.167. The third kappa shape index (κ3) is 4.82. The van der Waals surface area contributed by atoms with Gasteiger partial charge in [-0.25, -0.2) is 0 Å². The molecular formula is C25H20N2O2. The van der Waals surface area contributed by atoms with Crippen LogP contribution in [0.4, 0.5) is 0 Å². The molecule has 0 saturated carbocycles. The highest BCUT2D eigenvalue weighted by Crippen LogP contribution is 2.16. The molecule has 0 atom stereocenters. The summed E-state index contributed by atoms with van der Waals surface area (Å²) in [5, 5.41) is 5.74. The van der Waals surface area contributed by atoms with E-state index in [0.717, 1.165) is 28.2 Å². The summed E-state index contributed by atoms with van der Waals surface area (Å²) in [6.45, 7) is 0. The van der Waals surface area contributed by atoms with Crippen LogP contribution in [0.5, 0.6) is 0 Å². The number of fused-ring (bicyclic) bond motifs is 1. The number of hydrogen-bond donors (Lipinski definition) is 1. The molecule has 0 radical (unpaired) electrons. The number of rotatable bonds is 4. The number of carbonyl (C=O) groups is 2. The Hall–Kier alpha value is -4.05. The Kier molecular flexibility index (Phi) is 6.63. The van der Waals surface area contributed by atoms with Gasteiger partial charge < -0.3 is 5.84 Å². The SMILES string of the molecule is NN=C(C(=O)c1ccccc1)c1ccccc1.O=Cc1cccc2ccccc12. The van der Waals surface area contributed by atoms with E-state index in [0.29, 0.717) is 5.56 Å². The van der Waals surface area contributed by atoms with E-state index < -0.39 is 0 Å². The Morgan fingerprint density at radius 3 is 1.86 bits per heavy atom. The average molecular weight is 380 g/mol. The van der Waals surface area contributed by atoms with Gasteiger partial charge in [0.1, 0.15) is 5.71 Å². The molecule has 0 unspecified atom stereocenters. The predicted molar refractivity (Wildman–Crippen MR) is 117 cm³/mol. The summed E-state index contributed by atoms with van der Waals surface area (Å²) in [6.07, 6.45) is 0.891. The molecule has 0 spiro atoms. The number of Topliss-reactive ketones (excluding diaryl/α,β-unsaturated/α-hetero) is 1. The largest absolute Gasteiger partial charge is 0.323 e. The first-order valence-corrected chi connectivity index (χ1v) is 9.10. The maximum Gasteiger partial charge on any atom is 0.213 e. The third-order valence-electron chi connectivity index (χ3n) is 4.38. The monoisotopic (exact) mass is 380 g/mol. The number of hydrogen-bond acceptors (Lipinski definition) is 4. The van der Waals surface area contributed by atoms with Gasteiger partial charge in [0.25, 0.3) is 0 Å². The lowest BCUT2D eigenvalue weighted by atomic mass is 10.0. The Morgan fingerprint density at radius 2 is 1.24 bits per heavy atom. The van der Waals surface area contributed by atoms with Crippen LogP contribution in [0.2, 0.25) is 0 Å². The number of carbonyl (C=O) groups excluding carboxylic acids is 2. The number of aldehydes is 1. The molecule has 0 saturated heterocycles. The molecule has 4 aromatic carbocycles. The Labute approximate surface area is 169 Å². The fourth-order valence-electron chi connectivity index (χ4n) is 2.94. The molecule has 4 heteroatoms. The molecule has 142 valence electrons. The first-order chi connectivity index (χ1) is 14.2. The highest BCUT2D eigenvalue weighted by atomic mass is 16.1. The fourth-order valence-corrected chi connectivity index (χ4v) is 2.94. The number of benzene rings is 4. The lowest BCUT2D eigenvalue weighted by Crippen LogP contribution is -2.17. The normalized spacial score (nSPS) is 10.7. The standard InChI is InChI=1S/C14H12N2O.C11H8O/c15-16-13(11-7-3-1-4-8-11)14(17)12-9-5-2-6-10-12;12-8-10-6-3-5-9-4-1-2-7-11(9)10/h1-10H,15H2;1-8H. The molecule has 0 aromatic heterocycles. The molecule has 0 heterocycles. The average Bonchev–Trinajstić information content (AvgIpc) is 2.81. The van der Waals surface area contributed by atoms with Crippen molar-refractivity contribution in [2.24, 2.45) is 10.9 Å². The Bertz CT molecular complexity index is 1130. The highest BCUT2D eigenvalue weighted by molar-refractivity contribution is 6.51. The van der Waals surface area contributed by atoms with E-state index in [1.54, 1.807) is 12.1 Å². The first-order valence-electron chi connectivity index (χ1n) is 9.10. The lowest BCUT2D eigenvalue weighted by Gasteiger charge is -2.04. The van der Waals surface area contributed by atoms with Gasteiger partial charge >= 0.3 is 0 Å². The molecule has 4 nitrogen and oxygen atoms in total. The first kappa shape index (κ1) is 19.7. The van der Waals surface area contributed by atoms with Crippen molar-refractivity contribution >= 4 is 28.6 Å². The molecule has 29 heavy (non-hydrogen) atoms. The molecule has 2 N–H and O–H groups in total. The van der Waals surface area contributed by atoms with Gasteiger partial charge in [0.2, 0.25) is 5.78 Å². The summed E-state index contributed by atoms with van der Waals surface area (Å²) in [4.78, 5) is 22.8. The van der Waals surface area contributed by atoms with E-state index in [1.165, 1.54) is 0 Å². The van der Waals surface area contributed by atoms with Crippen molar-refractivity contribution in [3.8, 4) is 0 Å². The van der Waals surface area contributed by atoms with Crippen LogP contribution in [0.3, 0.4) is 0 Å². The second-order valence-electron chi connectivity index (χ2n) is 6.23. The minimum absolute atomic E-state index is 0.167. The molecule has 0 aliphatic heterocycles. The minimum Gasteiger partial charge on any atom is -0.323 e. The summed E-state index contributed by atoms with van der Waals surface area (Å²) in [6, 6.07) is 31.8. The second-order valence-corrected chi connectivity index (χ2v) is 6.23. The van der Waals surface area contributed by atoms with Gasteiger partial charge in [-0.1, -0.05) is 103 Å². The molecule has 0 fully saturated rings. The Morgan fingerprint density at radius 1 is 0.690 bits per heavy atom. The van der Waals surface area contributed by atoms with E-state index >= 15 is 0 Å². The number of hydrazone groups is 1. The van der Waals surface area contributed by atoms with Crippen molar-refractivity contribution in [1.29, 1.82) is 0 Å². The van der Waals surface area contributed by atoms with Gasteiger partial charge in [-0.15, -0.1) is 0 Å². The van der Waals surface area contributed by atoms with E-state index in [4.69, 9.17) is 5.84 Å². The smallest absolute Gasteiger partial charge is 0.213 e. The fraction of sp³-hybridized carbons (Fsp3) is 0. The van der Waals surface area contributed by atoms with E-state index in [-0.39, 0.29) is 11.5 Å². The van der Waals surface area contributed by atoms with Crippen molar-refractivity contribution < 1.29 is 9.59 Å². The summed E-state index contributed by atoms with van der Waals surface area (Å²) in [5.74, 6) is 5.14. The van der Waals surface area contributed by atoms with Gasteiger partial charge in [0.05, 0.1) is 0 Å². The quantitative estimate of drug-likeness (QED) is 0.180. The zero-order valence-corrected chi connectivity index (χ0v) is 15.7. The van der Waals surface area contributed by atoms with E-state index in [9.17, 15) is 9.59 Å². The molecule has 0 aliphatic carbocycles. The van der Waals surface area contributed by atoms with Crippen LogP contribution in [-0.4, -0.2) is 17.8 Å². The van der Waals surface area contributed by atoms with Crippen LogP contribution in [0, 0.1) is 0 Å². The van der Waals surface area contributed by atoms with Crippen LogP contribution >= 0.6 is 0 Å². The predicted octanol–water partition coefficient (Wildman–Crippen LogP) is 4.88. The van der Waals surface area contributed by atoms with E-state index in [2.05, 4.69) is 5.10 Å². The van der Waals surface area contributed by atoms with Crippen LogP contribution < -0.4 is 5.84 Å². The third-order valence-corrected chi connectivity index (χ3v) is 4.38. The molecule has 4 aromatic rings. The molecule has 0 amide bonds. The Balaban J connectivity index is 0.000000176. The maximum atomic E-state index is 12.2. The van der Waals surface area contributed by atoms with Crippen molar-refractivity contribution in [2.45, 2.75) is 0 Å². The van der Waals surface area contributed by atoms with Crippen LogP contribution in [0.15, 0.2) is 108 Å². The summed E-state index contributed by atoms with van der Waals surface area (Å²) >= 11 is 0. The zero-order chi connectivity index (χ0) is 20.5. The number of nitrogens with two attached hydrogens (primary N) is 1. The number of nitrogens with zero attached hydrogens (tertiary/aromatic N) is 1. The van der Waals surface area contributed by atoms with Crippen molar-refractivity contribution in [2.75, 3.05) is 0 Å². The number of ketones is 1. The van der Waals surface area contributed by atoms with Gasteiger partial charge in [-0.05, 0) is 10.8 Å². The topological polar surface area (TPSA) is 72.5 Å². The maximum absolute atomic E-state index is 12.2. The van der Waals surface area contributed by atoms with Crippen LogP contribution in [-0.2, 0) is 0 Å². The zero-order valence-electron chi connectivity index (χ0n) is 15.7. The highest BCUT2D eigenvalue weighted by Gasteiger charge is 2.15. The molecule has 0 bridgehead atoms. The molecular weight excluding hydrogens is 360 g/mol. The lowest BCUT2D eigenvalue weighted by molar-refractivity contribution is 0.106. The van der Waals surface area contributed by atoms with Gasteiger partial charge in [-0.2, -0.15) is 5.10 Å². The van der Waals surface area contributed by atoms with Gasteiger partial charge in [0, 0.05) is 16.7 Å². The summed E-state index contributed by atoms with van der Waals surface area (Å²) in [5.41, 5.74) is 2.34. The van der Waals surface area contributed by atoms with Crippen LogP contribution in [0.1, 0.15) is 26.3 Å². The summed E-state index contributed by atoms with van der Waals surface area (Å²) < 4.78 is 0. The second kappa shape index (κ2) is 9.76. The summed E-state index contributed by atoms with van der Waals surface area (Å²) in [7, 11) is 0. The van der Waals surface area contributed by atoms with Crippen molar-refractivity contribution in [1.82, 2.24) is 0 Å². The molecule has 4 rings (SSSR count). The van der Waals surface area contributed by atoms with Crippen molar-refractivity contribution in [3.05, 3.63) is 120 Å². The van der Waals surface area contributed by atoms with Crippen molar-refractivity contribution in [3.63, 3.8) is 0 Å². The van der Waals surface area contributed by atoms with Gasteiger partial charge in [0.15, 0.2) is 6.29 Å². The van der Waals surface area contributed by atoms with E-state index in [1.807, 2.05) is 91.0 Å².